The molecule has 0 saturated heterocycles. The molecule has 3 N–H and O–H groups in total. The summed E-state index contributed by atoms with van der Waals surface area (Å²) in [5, 5.41) is 10.7. The van der Waals surface area contributed by atoms with Crippen molar-refractivity contribution in [2.45, 2.75) is 446 Å². The zero-order valence-electron chi connectivity index (χ0n) is 67.2. The van der Waals surface area contributed by atoms with Gasteiger partial charge in [-0.2, -0.15) is 0 Å². The number of unbranched alkanes of at least 4 members (excludes halogenated alkanes) is 45. The molecular weight excluding hydrogens is 1330 g/mol. The van der Waals surface area contributed by atoms with Gasteiger partial charge in [0, 0.05) is 25.7 Å². The molecule has 606 valence electrons. The van der Waals surface area contributed by atoms with Crippen LogP contribution in [0.2, 0.25) is 0 Å². The highest BCUT2D eigenvalue weighted by molar-refractivity contribution is 7.47. The zero-order chi connectivity index (χ0) is 75.3. The van der Waals surface area contributed by atoms with Gasteiger partial charge >= 0.3 is 39.5 Å². The van der Waals surface area contributed by atoms with E-state index in [1.807, 2.05) is 0 Å². The highest BCUT2D eigenvalue weighted by Crippen LogP contribution is 2.45. The molecule has 0 fully saturated rings. The van der Waals surface area contributed by atoms with Gasteiger partial charge in [-0.1, -0.05) is 376 Å². The predicted octanol–water partition coefficient (Wildman–Crippen LogP) is 24.8. The van der Waals surface area contributed by atoms with Gasteiger partial charge in [0.05, 0.1) is 26.4 Å². The van der Waals surface area contributed by atoms with Crippen LogP contribution in [0.25, 0.3) is 0 Å². The minimum atomic E-state index is -4.96. The second-order valence-electron chi connectivity index (χ2n) is 31.5. The number of rotatable bonds is 80. The number of ether oxygens (including phenoxy) is 4. The Morgan fingerprint density at radius 2 is 0.471 bits per heavy atom. The van der Waals surface area contributed by atoms with Gasteiger partial charge in [0.15, 0.2) is 12.2 Å². The van der Waals surface area contributed by atoms with Crippen LogP contribution < -0.4 is 0 Å². The number of carbonyl (C=O) groups excluding carboxylic acids is 4. The third kappa shape index (κ3) is 74.9. The highest BCUT2D eigenvalue weighted by Gasteiger charge is 2.30. The van der Waals surface area contributed by atoms with Gasteiger partial charge in [0.25, 0.3) is 0 Å². The average Bonchev–Trinajstić information content (AvgIpc) is 0.983. The Balaban J connectivity index is 5.28. The molecule has 0 aromatic carbocycles. The number of hydrogen-bond acceptors (Lipinski definition) is 15. The number of hydrogen-bond donors (Lipinski definition) is 3. The first-order chi connectivity index (χ1) is 49.1. The molecule has 0 aliphatic rings. The molecule has 0 aliphatic carbocycles. The maximum Gasteiger partial charge on any atom is 0.472 e. The number of carbonyl (C=O) groups is 4. The van der Waals surface area contributed by atoms with Gasteiger partial charge in [-0.25, -0.2) is 9.13 Å². The van der Waals surface area contributed by atoms with Crippen molar-refractivity contribution in [1.29, 1.82) is 0 Å². The number of aliphatic hydroxyl groups excluding tert-OH is 1. The maximum absolute atomic E-state index is 13.1. The van der Waals surface area contributed by atoms with Crippen molar-refractivity contribution >= 4 is 39.5 Å². The number of esters is 4. The van der Waals surface area contributed by atoms with Crippen LogP contribution >= 0.6 is 15.6 Å². The molecule has 102 heavy (non-hydrogen) atoms. The van der Waals surface area contributed by atoms with Gasteiger partial charge in [-0.15, -0.1) is 0 Å². The quantitative estimate of drug-likeness (QED) is 0.0222. The van der Waals surface area contributed by atoms with Crippen LogP contribution in [0, 0.1) is 23.7 Å². The van der Waals surface area contributed by atoms with Crippen LogP contribution in [-0.2, 0) is 65.4 Å². The minimum absolute atomic E-state index is 0.106. The molecule has 0 amide bonds. The Morgan fingerprint density at radius 1 is 0.275 bits per heavy atom. The van der Waals surface area contributed by atoms with E-state index < -0.39 is 97.5 Å². The molecule has 3 unspecified atom stereocenters. The van der Waals surface area contributed by atoms with Gasteiger partial charge in [0.1, 0.15) is 19.3 Å². The average molecular weight is 1490 g/mol. The zero-order valence-corrected chi connectivity index (χ0v) is 69.0. The van der Waals surface area contributed by atoms with Crippen molar-refractivity contribution in [3.8, 4) is 0 Å². The fraction of sp³-hybridized carbons (Fsp3) is 0.952. The summed E-state index contributed by atoms with van der Waals surface area (Å²) < 4.78 is 68.8. The molecule has 0 heterocycles. The van der Waals surface area contributed by atoms with Crippen molar-refractivity contribution in [3.05, 3.63) is 0 Å². The van der Waals surface area contributed by atoms with E-state index in [-0.39, 0.29) is 25.7 Å². The summed E-state index contributed by atoms with van der Waals surface area (Å²) in [6.07, 6.45) is 59.5. The van der Waals surface area contributed by atoms with Crippen LogP contribution in [0.5, 0.6) is 0 Å². The largest absolute Gasteiger partial charge is 0.472 e. The summed E-state index contributed by atoms with van der Waals surface area (Å²) in [4.78, 5) is 73.2. The van der Waals surface area contributed by atoms with Gasteiger partial charge < -0.3 is 33.8 Å². The molecule has 19 heteroatoms. The molecule has 0 bridgehead atoms. The van der Waals surface area contributed by atoms with Gasteiger partial charge in [-0.3, -0.25) is 37.3 Å². The lowest BCUT2D eigenvalue weighted by Crippen LogP contribution is -2.30. The fourth-order valence-corrected chi connectivity index (χ4v) is 14.3. The van der Waals surface area contributed by atoms with Crippen LogP contribution in [-0.4, -0.2) is 96.7 Å². The van der Waals surface area contributed by atoms with E-state index >= 15 is 0 Å². The van der Waals surface area contributed by atoms with E-state index in [1.54, 1.807) is 0 Å². The second-order valence-corrected chi connectivity index (χ2v) is 34.4. The van der Waals surface area contributed by atoms with Crippen LogP contribution in [0.4, 0.5) is 0 Å². The van der Waals surface area contributed by atoms with E-state index in [1.165, 1.54) is 231 Å². The van der Waals surface area contributed by atoms with Gasteiger partial charge in [-0.05, 0) is 49.4 Å². The van der Waals surface area contributed by atoms with E-state index in [2.05, 4.69) is 55.4 Å². The molecule has 6 atom stereocenters. The fourth-order valence-electron chi connectivity index (χ4n) is 12.8. The lowest BCUT2D eigenvalue weighted by atomic mass is 9.99. The van der Waals surface area contributed by atoms with Crippen molar-refractivity contribution in [2.24, 2.45) is 23.7 Å². The van der Waals surface area contributed by atoms with E-state index in [4.69, 9.17) is 37.0 Å². The molecule has 0 saturated carbocycles. The Kier molecular flexibility index (Phi) is 70.6. The van der Waals surface area contributed by atoms with Crippen LogP contribution in [0.15, 0.2) is 0 Å². The summed E-state index contributed by atoms with van der Waals surface area (Å²) in [6.45, 7) is 14.3. The number of aliphatic hydroxyl groups is 1. The second kappa shape index (κ2) is 72.0. The Labute approximate surface area is 626 Å². The van der Waals surface area contributed by atoms with Crippen LogP contribution in [0.1, 0.15) is 428 Å². The van der Waals surface area contributed by atoms with Crippen molar-refractivity contribution in [3.63, 3.8) is 0 Å². The summed E-state index contributed by atoms with van der Waals surface area (Å²) >= 11 is 0. The number of phosphoric ester groups is 2. The lowest BCUT2D eigenvalue weighted by molar-refractivity contribution is -0.161. The third-order valence-corrected chi connectivity index (χ3v) is 21.6. The van der Waals surface area contributed by atoms with Gasteiger partial charge in [0.2, 0.25) is 0 Å². The monoisotopic (exact) mass is 1490 g/mol. The summed E-state index contributed by atoms with van der Waals surface area (Å²) in [5.41, 5.74) is 0. The molecule has 0 aliphatic heterocycles. The maximum atomic E-state index is 13.1. The SMILES string of the molecule is CCC(C)CCCCCCCCCCCCC(=O)O[C@H](COC(=O)CCCCCCCCCCCCC(C)C)COP(=O)(O)OC[C@H](O)COP(=O)(O)OC[C@@H](COC(=O)CCCCCCCCCCCCCCCCC(C)C)OC(=O)CCCCCCCCCCCCCCCCCC(C)C. The first-order valence-corrected chi connectivity index (χ1v) is 45.7. The number of phosphoric acid groups is 2. The Bertz CT molecular complexity index is 1990. The highest BCUT2D eigenvalue weighted by atomic mass is 31.2. The van der Waals surface area contributed by atoms with E-state index in [0.29, 0.717) is 25.7 Å². The molecular formula is C83H162O17P2. The van der Waals surface area contributed by atoms with Crippen molar-refractivity contribution in [1.82, 2.24) is 0 Å². The molecule has 0 rings (SSSR count). The standard InChI is InChI=1S/C83H162O17P2/c1-9-76(8)62-54-46-38-30-24-26-34-42-50-58-66-83(88)100-79(70-94-81(86)64-56-48-40-32-25-23-29-37-45-53-61-75(6)7)72-98-102(91,92)96-68-77(84)67-95-101(89,90)97-71-78(69-93-80(85)63-55-47-39-31-21-17-14-13-16-20-28-36-44-52-60-74(4)5)99-82(87)65-57-49-41-33-22-18-12-10-11-15-19-27-35-43-51-59-73(2)3/h73-79,84H,9-72H2,1-8H3,(H,89,90)(H,91,92)/t76?,77-,78-,79-/m1/s1. The first kappa shape index (κ1) is 100. The lowest BCUT2D eigenvalue weighted by Gasteiger charge is -2.21. The molecule has 0 spiro atoms. The van der Waals surface area contributed by atoms with Crippen molar-refractivity contribution < 1.29 is 80.2 Å². The molecule has 0 radical (unpaired) electrons. The Hall–Kier alpha value is -1.94. The minimum Gasteiger partial charge on any atom is -0.462 e. The van der Waals surface area contributed by atoms with E-state index in [0.717, 1.165) is 114 Å². The predicted molar refractivity (Wildman–Crippen MR) is 418 cm³/mol. The topological polar surface area (TPSA) is 237 Å². The van der Waals surface area contributed by atoms with Crippen molar-refractivity contribution in [2.75, 3.05) is 39.6 Å². The summed E-state index contributed by atoms with van der Waals surface area (Å²) in [6, 6.07) is 0. The Morgan fingerprint density at radius 3 is 0.696 bits per heavy atom. The third-order valence-electron chi connectivity index (χ3n) is 19.7. The first-order valence-electron chi connectivity index (χ1n) is 42.7. The molecule has 17 nitrogen and oxygen atoms in total. The molecule has 0 aromatic heterocycles. The van der Waals surface area contributed by atoms with E-state index in [9.17, 15) is 43.2 Å². The smallest absolute Gasteiger partial charge is 0.462 e. The summed E-state index contributed by atoms with van der Waals surface area (Å²) in [7, 11) is -9.93. The summed E-state index contributed by atoms with van der Waals surface area (Å²) in [5.74, 6) is 1.05. The molecule has 0 aromatic rings. The van der Waals surface area contributed by atoms with Crippen LogP contribution in [0.3, 0.4) is 0 Å². The normalized spacial score (nSPS) is 14.3.